The molecule has 16 heavy (non-hydrogen) atoms. The lowest BCUT2D eigenvalue weighted by atomic mass is 10.2. The van der Waals surface area contributed by atoms with Gasteiger partial charge in [0.25, 0.3) is 0 Å². The fourth-order valence-electron chi connectivity index (χ4n) is 1.82. The Bertz CT molecular complexity index is 422. The molecule has 0 N–H and O–H groups in total. The lowest BCUT2D eigenvalue weighted by molar-refractivity contribution is -0.117. The Labute approximate surface area is 99.2 Å². The zero-order valence-corrected chi connectivity index (χ0v) is 9.99. The van der Waals surface area contributed by atoms with Crippen LogP contribution in [0.2, 0.25) is 0 Å². The molecule has 0 spiro atoms. The van der Waals surface area contributed by atoms with Gasteiger partial charge in [-0.2, -0.15) is 0 Å². The van der Waals surface area contributed by atoms with E-state index in [1.165, 1.54) is 0 Å². The average molecular weight is 241 g/mol. The van der Waals surface area contributed by atoms with Crippen LogP contribution in [0.5, 0.6) is 5.88 Å². The lowest BCUT2D eigenvalue weighted by Crippen LogP contribution is -2.24. The fraction of sp³-hybridized carbons (Fsp3) is 0.455. The second kappa shape index (κ2) is 4.29. The Morgan fingerprint density at radius 1 is 1.62 bits per heavy atom. The summed E-state index contributed by atoms with van der Waals surface area (Å²) < 4.78 is 5.07. The van der Waals surface area contributed by atoms with E-state index in [0.29, 0.717) is 18.8 Å². The highest BCUT2D eigenvalue weighted by Gasteiger charge is 2.29. The molecular weight excluding hydrogens is 228 g/mol. The van der Waals surface area contributed by atoms with E-state index in [1.807, 2.05) is 13.0 Å². The normalized spacial score (nSPS) is 20.3. The van der Waals surface area contributed by atoms with E-state index < -0.39 is 0 Å². The molecule has 1 atom stereocenters. The third kappa shape index (κ3) is 1.97. The summed E-state index contributed by atoms with van der Waals surface area (Å²) in [5.74, 6) is 0.629. The molecule has 2 heterocycles. The monoisotopic (exact) mass is 240 g/mol. The molecule has 1 fully saturated rings. The number of aromatic nitrogens is 1. The number of halogens is 1. The number of hydrogen-bond donors (Lipinski definition) is 0. The number of hydrogen-bond acceptors (Lipinski definition) is 3. The van der Waals surface area contributed by atoms with E-state index in [-0.39, 0.29) is 11.3 Å². The minimum Gasteiger partial charge on any atom is -0.481 e. The zero-order valence-electron chi connectivity index (χ0n) is 9.24. The molecular formula is C11H13ClN2O2. The molecule has 1 aliphatic heterocycles. The number of carbonyl (C=O) groups is 1. The van der Waals surface area contributed by atoms with Crippen molar-refractivity contribution in [2.45, 2.75) is 18.7 Å². The molecule has 86 valence electrons. The van der Waals surface area contributed by atoms with Gasteiger partial charge in [-0.1, -0.05) is 0 Å². The Morgan fingerprint density at radius 3 is 2.88 bits per heavy atom. The molecule has 1 aromatic heterocycles. The molecule has 1 aromatic rings. The smallest absolute Gasteiger partial charge is 0.228 e. The highest BCUT2D eigenvalue weighted by Crippen LogP contribution is 2.26. The number of ether oxygens (including phenoxy) is 1. The number of methoxy groups -OCH3 is 1. The topological polar surface area (TPSA) is 42.4 Å². The maximum absolute atomic E-state index is 11.6. The Balaban J connectivity index is 2.28. The molecule has 1 unspecified atom stereocenters. The van der Waals surface area contributed by atoms with Gasteiger partial charge >= 0.3 is 0 Å². The zero-order chi connectivity index (χ0) is 11.7. The lowest BCUT2D eigenvalue weighted by Gasteiger charge is -2.16. The molecule has 5 heteroatoms. The first-order valence-corrected chi connectivity index (χ1v) is 5.50. The summed E-state index contributed by atoms with van der Waals surface area (Å²) >= 11 is 5.94. The van der Waals surface area contributed by atoms with Crippen LogP contribution in [0.1, 0.15) is 12.0 Å². The van der Waals surface area contributed by atoms with Crippen LogP contribution in [-0.4, -0.2) is 29.9 Å². The van der Waals surface area contributed by atoms with Crippen molar-refractivity contribution in [1.29, 1.82) is 0 Å². The van der Waals surface area contributed by atoms with Crippen LogP contribution < -0.4 is 9.64 Å². The number of nitrogens with zero attached hydrogens (tertiary/aromatic N) is 2. The van der Waals surface area contributed by atoms with Gasteiger partial charge in [-0.05, 0) is 13.0 Å². The van der Waals surface area contributed by atoms with Crippen LogP contribution in [0.25, 0.3) is 0 Å². The third-order valence-electron chi connectivity index (χ3n) is 2.60. The van der Waals surface area contributed by atoms with Gasteiger partial charge in [0.05, 0.1) is 24.4 Å². The first kappa shape index (κ1) is 11.2. The van der Waals surface area contributed by atoms with Crippen LogP contribution in [-0.2, 0) is 4.79 Å². The number of aryl methyl sites for hydroxylation is 1. The second-order valence-electron chi connectivity index (χ2n) is 3.83. The average Bonchev–Trinajstić information content (AvgIpc) is 2.58. The molecule has 4 nitrogen and oxygen atoms in total. The van der Waals surface area contributed by atoms with E-state index in [9.17, 15) is 4.79 Å². The van der Waals surface area contributed by atoms with Crippen molar-refractivity contribution < 1.29 is 9.53 Å². The highest BCUT2D eigenvalue weighted by molar-refractivity contribution is 6.24. The highest BCUT2D eigenvalue weighted by atomic mass is 35.5. The number of alkyl halides is 1. The predicted octanol–water partition coefficient (Wildman–Crippen LogP) is 1.74. The molecule has 2 rings (SSSR count). The molecule has 1 saturated heterocycles. The SMILES string of the molecule is COc1ncc(N2CC(Cl)CC2=O)cc1C. The quantitative estimate of drug-likeness (QED) is 0.740. The second-order valence-corrected chi connectivity index (χ2v) is 4.44. The van der Waals surface area contributed by atoms with Crippen molar-refractivity contribution in [3.8, 4) is 5.88 Å². The Kier molecular flexibility index (Phi) is 3.01. The van der Waals surface area contributed by atoms with Crippen molar-refractivity contribution >= 4 is 23.2 Å². The van der Waals surface area contributed by atoms with Crippen molar-refractivity contribution in [3.63, 3.8) is 0 Å². The Morgan fingerprint density at radius 2 is 2.38 bits per heavy atom. The number of anilines is 1. The summed E-state index contributed by atoms with van der Waals surface area (Å²) in [5.41, 5.74) is 1.69. The first-order chi connectivity index (χ1) is 7.61. The molecule has 0 aliphatic carbocycles. The largest absolute Gasteiger partial charge is 0.481 e. The summed E-state index contributed by atoms with van der Waals surface area (Å²) in [5, 5.41) is -0.102. The maximum Gasteiger partial charge on any atom is 0.228 e. The van der Waals surface area contributed by atoms with Gasteiger partial charge in [-0.15, -0.1) is 11.6 Å². The van der Waals surface area contributed by atoms with Crippen LogP contribution >= 0.6 is 11.6 Å². The minimum atomic E-state index is -0.102. The summed E-state index contributed by atoms with van der Waals surface area (Å²) in [6.07, 6.45) is 2.03. The van der Waals surface area contributed by atoms with E-state index >= 15 is 0 Å². The predicted molar refractivity (Wildman–Crippen MR) is 62.1 cm³/mol. The minimum absolute atomic E-state index is 0.0476. The van der Waals surface area contributed by atoms with Gasteiger partial charge in [-0.3, -0.25) is 4.79 Å². The standard InChI is InChI=1S/C11H13ClN2O2/c1-7-3-9(5-13-11(7)16-2)14-6-8(12)4-10(14)15/h3,5,8H,4,6H2,1-2H3. The van der Waals surface area contributed by atoms with E-state index in [4.69, 9.17) is 16.3 Å². The van der Waals surface area contributed by atoms with E-state index in [2.05, 4.69) is 4.98 Å². The molecule has 0 bridgehead atoms. The van der Waals surface area contributed by atoms with Crippen LogP contribution in [0, 0.1) is 6.92 Å². The summed E-state index contributed by atoms with van der Waals surface area (Å²) in [6, 6.07) is 1.89. The molecule has 0 saturated carbocycles. The summed E-state index contributed by atoms with van der Waals surface area (Å²) in [4.78, 5) is 17.4. The van der Waals surface area contributed by atoms with Gasteiger partial charge in [0.15, 0.2) is 0 Å². The summed E-state index contributed by atoms with van der Waals surface area (Å²) in [6.45, 7) is 2.45. The van der Waals surface area contributed by atoms with Gasteiger partial charge in [0, 0.05) is 18.5 Å². The van der Waals surface area contributed by atoms with Crippen molar-refractivity contribution in [2.24, 2.45) is 0 Å². The van der Waals surface area contributed by atoms with Gasteiger partial charge < -0.3 is 9.64 Å². The molecule has 0 radical (unpaired) electrons. The van der Waals surface area contributed by atoms with Crippen molar-refractivity contribution in [2.75, 3.05) is 18.6 Å². The third-order valence-corrected chi connectivity index (χ3v) is 2.89. The van der Waals surface area contributed by atoms with Crippen molar-refractivity contribution in [3.05, 3.63) is 17.8 Å². The van der Waals surface area contributed by atoms with Crippen LogP contribution in [0.4, 0.5) is 5.69 Å². The number of carbonyl (C=O) groups excluding carboxylic acids is 1. The Hall–Kier alpha value is -1.29. The van der Waals surface area contributed by atoms with Gasteiger partial charge in [-0.25, -0.2) is 4.98 Å². The van der Waals surface area contributed by atoms with Crippen molar-refractivity contribution in [1.82, 2.24) is 4.98 Å². The maximum atomic E-state index is 11.6. The summed E-state index contributed by atoms with van der Waals surface area (Å²) in [7, 11) is 1.57. The first-order valence-electron chi connectivity index (χ1n) is 5.07. The molecule has 0 aromatic carbocycles. The number of rotatable bonds is 2. The van der Waals surface area contributed by atoms with Gasteiger partial charge in [0.1, 0.15) is 0 Å². The molecule has 1 amide bonds. The van der Waals surface area contributed by atoms with Crippen LogP contribution in [0.3, 0.4) is 0 Å². The fourth-order valence-corrected chi connectivity index (χ4v) is 2.09. The number of pyridine rings is 1. The number of amides is 1. The van der Waals surface area contributed by atoms with E-state index in [1.54, 1.807) is 18.2 Å². The van der Waals surface area contributed by atoms with Gasteiger partial charge in [0.2, 0.25) is 11.8 Å². The van der Waals surface area contributed by atoms with Crippen LogP contribution in [0.15, 0.2) is 12.3 Å². The van der Waals surface area contributed by atoms with E-state index in [0.717, 1.165) is 11.3 Å². The molecule has 1 aliphatic rings.